The summed E-state index contributed by atoms with van der Waals surface area (Å²) in [6, 6.07) is 5.88. The van der Waals surface area contributed by atoms with Crippen molar-refractivity contribution >= 4 is 17.3 Å². The molecule has 0 saturated carbocycles. The van der Waals surface area contributed by atoms with Crippen molar-refractivity contribution < 1.29 is 14.5 Å². The third-order valence-corrected chi connectivity index (χ3v) is 3.08. The maximum absolute atomic E-state index is 12.3. The fourth-order valence-corrected chi connectivity index (χ4v) is 2.05. The van der Waals surface area contributed by atoms with E-state index in [4.69, 9.17) is 4.74 Å². The van der Waals surface area contributed by atoms with E-state index in [9.17, 15) is 14.9 Å². The Labute approximate surface area is 126 Å². The van der Waals surface area contributed by atoms with Gasteiger partial charge < -0.3 is 10.1 Å². The van der Waals surface area contributed by atoms with Gasteiger partial charge >= 0.3 is 0 Å². The molecular weight excluding hydrogens is 288 g/mol. The molecule has 116 valence electrons. The summed E-state index contributed by atoms with van der Waals surface area (Å²) in [5.74, 6) is -0.102. The summed E-state index contributed by atoms with van der Waals surface area (Å²) in [5.41, 5.74) is 0.936. The first kappa shape index (κ1) is 15.5. The number of anilines is 1. The summed E-state index contributed by atoms with van der Waals surface area (Å²) in [6.07, 6.45) is 0. The van der Waals surface area contributed by atoms with Crippen LogP contribution in [0.5, 0.6) is 5.75 Å². The van der Waals surface area contributed by atoms with Gasteiger partial charge in [0.05, 0.1) is 23.8 Å². The number of amides is 1. The number of ether oxygens (including phenoxy) is 1. The number of carbonyl (C=O) groups excluding carboxylic acids is 1. The van der Waals surface area contributed by atoms with Crippen molar-refractivity contribution in [1.29, 1.82) is 0 Å². The third kappa shape index (κ3) is 3.05. The zero-order valence-electron chi connectivity index (χ0n) is 12.5. The van der Waals surface area contributed by atoms with E-state index in [0.29, 0.717) is 23.7 Å². The van der Waals surface area contributed by atoms with E-state index in [-0.39, 0.29) is 11.4 Å². The van der Waals surface area contributed by atoms with Crippen LogP contribution in [-0.4, -0.2) is 27.7 Å². The number of hydrogen-bond acceptors (Lipinski definition) is 5. The molecule has 0 unspecified atom stereocenters. The molecule has 8 nitrogen and oxygen atoms in total. The van der Waals surface area contributed by atoms with Crippen molar-refractivity contribution in [3.63, 3.8) is 0 Å². The monoisotopic (exact) mass is 304 g/mol. The van der Waals surface area contributed by atoms with E-state index in [2.05, 4.69) is 10.4 Å². The lowest BCUT2D eigenvalue weighted by atomic mass is 10.2. The second kappa shape index (κ2) is 6.25. The van der Waals surface area contributed by atoms with Gasteiger partial charge in [-0.25, -0.2) is 0 Å². The zero-order valence-corrected chi connectivity index (χ0v) is 12.5. The van der Waals surface area contributed by atoms with Gasteiger partial charge in [0, 0.05) is 6.54 Å². The molecule has 1 N–H and O–H groups in total. The second-order valence-corrected chi connectivity index (χ2v) is 4.58. The zero-order chi connectivity index (χ0) is 16.3. The first-order chi connectivity index (χ1) is 10.5. The predicted octanol–water partition coefficient (Wildman–Crippen LogP) is 2.38. The highest BCUT2D eigenvalue weighted by Gasteiger charge is 2.20. The van der Waals surface area contributed by atoms with Crippen LogP contribution < -0.4 is 10.1 Å². The van der Waals surface area contributed by atoms with Crippen LogP contribution in [0.2, 0.25) is 0 Å². The molecular formula is C14H16N4O4. The van der Waals surface area contributed by atoms with Crippen molar-refractivity contribution in [2.75, 3.05) is 12.4 Å². The molecule has 0 saturated heterocycles. The van der Waals surface area contributed by atoms with Crippen LogP contribution in [0.3, 0.4) is 0 Å². The minimum Gasteiger partial charge on any atom is -0.496 e. The number of rotatable bonds is 5. The minimum absolute atomic E-state index is 0.109. The number of nitro groups is 1. The molecule has 22 heavy (non-hydrogen) atoms. The summed E-state index contributed by atoms with van der Waals surface area (Å²) in [5, 5.41) is 17.8. The van der Waals surface area contributed by atoms with Gasteiger partial charge in [0.1, 0.15) is 17.1 Å². The molecule has 0 radical (unpaired) electrons. The fraction of sp³-hybridized carbons (Fsp3) is 0.286. The highest BCUT2D eigenvalue weighted by Crippen LogP contribution is 2.29. The van der Waals surface area contributed by atoms with Crippen LogP contribution in [0.4, 0.5) is 11.4 Å². The van der Waals surface area contributed by atoms with Crippen molar-refractivity contribution in [2.45, 2.75) is 20.4 Å². The summed E-state index contributed by atoms with van der Waals surface area (Å²) in [7, 11) is 1.42. The van der Waals surface area contributed by atoms with Crippen molar-refractivity contribution in [1.82, 2.24) is 9.78 Å². The van der Waals surface area contributed by atoms with Gasteiger partial charge in [-0.05, 0) is 32.0 Å². The van der Waals surface area contributed by atoms with Gasteiger partial charge in [0.25, 0.3) is 11.6 Å². The molecule has 0 aliphatic heterocycles. The molecule has 1 aromatic heterocycles. The lowest BCUT2D eigenvalue weighted by Gasteiger charge is -2.08. The Morgan fingerprint density at radius 2 is 2.18 bits per heavy atom. The van der Waals surface area contributed by atoms with E-state index < -0.39 is 10.8 Å². The van der Waals surface area contributed by atoms with E-state index in [1.165, 1.54) is 19.2 Å². The molecule has 0 aliphatic rings. The molecule has 1 heterocycles. The number of hydrogen-bond donors (Lipinski definition) is 1. The average Bonchev–Trinajstić information content (AvgIpc) is 2.88. The number of carbonyl (C=O) groups is 1. The summed E-state index contributed by atoms with van der Waals surface area (Å²) in [4.78, 5) is 22.9. The number of nitrogens with one attached hydrogen (secondary N) is 1. The number of nitro benzene ring substituents is 1. The number of aryl methyl sites for hydroxylation is 2. The quantitative estimate of drug-likeness (QED) is 0.675. The van der Waals surface area contributed by atoms with E-state index >= 15 is 0 Å². The number of nitrogens with zero attached hydrogens (tertiary/aromatic N) is 3. The molecule has 1 amide bonds. The Kier molecular flexibility index (Phi) is 4.40. The highest BCUT2D eigenvalue weighted by molar-refractivity contribution is 6.04. The molecule has 0 fully saturated rings. The number of aromatic nitrogens is 2. The number of methoxy groups -OCH3 is 1. The smallest absolute Gasteiger partial charge is 0.296 e. The largest absolute Gasteiger partial charge is 0.496 e. The topological polar surface area (TPSA) is 99.3 Å². The van der Waals surface area contributed by atoms with Crippen LogP contribution in [0.15, 0.2) is 24.3 Å². The van der Waals surface area contributed by atoms with Gasteiger partial charge in [-0.15, -0.1) is 0 Å². The SMILES string of the molecule is CCn1nc(C)cc1C(=O)Nc1ccc(OC)cc1[N+](=O)[O-]. The lowest BCUT2D eigenvalue weighted by molar-refractivity contribution is -0.384. The summed E-state index contributed by atoms with van der Waals surface area (Å²) in [6.45, 7) is 4.17. The van der Waals surface area contributed by atoms with Crippen molar-refractivity contribution in [2.24, 2.45) is 0 Å². The highest BCUT2D eigenvalue weighted by atomic mass is 16.6. The van der Waals surface area contributed by atoms with Crippen LogP contribution in [0.1, 0.15) is 23.1 Å². The van der Waals surface area contributed by atoms with Gasteiger partial charge in [-0.3, -0.25) is 19.6 Å². The van der Waals surface area contributed by atoms with Crippen LogP contribution in [-0.2, 0) is 6.54 Å². The van der Waals surface area contributed by atoms with Crippen LogP contribution in [0, 0.1) is 17.0 Å². The molecule has 0 spiro atoms. The van der Waals surface area contributed by atoms with Crippen molar-refractivity contribution in [3.8, 4) is 5.75 Å². The molecule has 0 atom stereocenters. The van der Waals surface area contributed by atoms with E-state index in [1.807, 2.05) is 6.92 Å². The van der Waals surface area contributed by atoms with Gasteiger partial charge in [0.15, 0.2) is 0 Å². The van der Waals surface area contributed by atoms with Gasteiger partial charge in [0.2, 0.25) is 0 Å². The maximum atomic E-state index is 12.3. The molecule has 0 bridgehead atoms. The summed E-state index contributed by atoms with van der Waals surface area (Å²) >= 11 is 0. The maximum Gasteiger partial charge on any atom is 0.296 e. The second-order valence-electron chi connectivity index (χ2n) is 4.58. The number of benzene rings is 1. The lowest BCUT2D eigenvalue weighted by Crippen LogP contribution is -2.18. The van der Waals surface area contributed by atoms with E-state index in [1.54, 1.807) is 23.7 Å². The molecule has 2 aromatic rings. The average molecular weight is 304 g/mol. The van der Waals surface area contributed by atoms with Crippen LogP contribution >= 0.6 is 0 Å². The van der Waals surface area contributed by atoms with Gasteiger partial charge in [-0.1, -0.05) is 0 Å². The standard InChI is InChI=1S/C14H16N4O4/c1-4-17-13(7-9(2)16-17)14(19)15-11-6-5-10(22-3)8-12(11)18(20)21/h5-8H,4H2,1-3H3,(H,15,19). The molecule has 1 aromatic carbocycles. The van der Waals surface area contributed by atoms with Crippen molar-refractivity contribution in [3.05, 3.63) is 45.8 Å². The first-order valence-corrected chi connectivity index (χ1v) is 6.64. The molecule has 2 rings (SSSR count). The first-order valence-electron chi connectivity index (χ1n) is 6.64. The summed E-state index contributed by atoms with van der Waals surface area (Å²) < 4.78 is 6.50. The van der Waals surface area contributed by atoms with Crippen LogP contribution in [0.25, 0.3) is 0 Å². The fourth-order valence-electron chi connectivity index (χ4n) is 2.05. The molecule has 8 heteroatoms. The minimum atomic E-state index is -0.569. The molecule has 0 aliphatic carbocycles. The Bertz CT molecular complexity index is 724. The Morgan fingerprint density at radius 3 is 2.77 bits per heavy atom. The third-order valence-electron chi connectivity index (χ3n) is 3.08. The Morgan fingerprint density at radius 1 is 1.45 bits per heavy atom. The predicted molar refractivity (Wildman–Crippen MR) is 80.2 cm³/mol. The van der Waals surface area contributed by atoms with Gasteiger partial charge in [-0.2, -0.15) is 5.10 Å². The Hall–Kier alpha value is -2.90. The Balaban J connectivity index is 2.33. The normalized spacial score (nSPS) is 10.3. The van der Waals surface area contributed by atoms with E-state index in [0.717, 1.165) is 0 Å².